The van der Waals surface area contributed by atoms with E-state index in [0.717, 1.165) is 29.8 Å². The zero-order valence-corrected chi connectivity index (χ0v) is 17.4. The van der Waals surface area contributed by atoms with Gasteiger partial charge in [-0.1, -0.05) is 30.3 Å². The fourth-order valence-electron chi connectivity index (χ4n) is 4.18. The quantitative estimate of drug-likeness (QED) is 0.692. The third-order valence-corrected chi connectivity index (χ3v) is 5.65. The van der Waals surface area contributed by atoms with E-state index in [0.29, 0.717) is 12.1 Å². The van der Waals surface area contributed by atoms with Crippen molar-refractivity contribution < 1.29 is 4.79 Å². The van der Waals surface area contributed by atoms with E-state index in [-0.39, 0.29) is 18.0 Å². The van der Waals surface area contributed by atoms with Gasteiger partial charge >= 0.3 is 0 Å². The number of hydrogen-bond acceptors (Lipinski definition) is 4. The fourth-order valence-corrected chi connectivity index (χ4v) is 4.18. The lowest BCUT2D eigenvalue weighted by Gasteiger charge is -2.28. The Balaban J connectivity index is 1.58. The van der Waals surface area contributed by atoms with Crippen molar-refractivity contribution in [1.29, 1.82) is 0 Å². The summed E-state index contributed by atoms with van der Waals surface area (Å²) in [6.07, 6.45) is 4.19. The SMILES string of the molecule is Cc1cc(C(=O)NCC(c2ccccc2)N2CCCC2)c2cnn(C(C)C)c2n1. The molecule has 29 heavy (non-hydrogen) atoms. The lowest BCUT2D eigenvalue weighted by atomic mass is 10.0. The molecule has 0 saturated carbocycles. The minimum absolute atomic E-state index is 0.0658. The van der Waals surface area contributed by atoms with Crippen LogP contribution in [-0.2, 0) is 0 Å². The molecule has 0 radical (unpaired) electrons. The highest BCUT2D eigenvalue weighted by molar-refractivity contribution is 6.05. The molecular formula is C23H29N5O. The maximum absolute atomic E-state index is 13.1. The summed E-state index contributed by atoms with van der Waals surface area (Å²) in [6.45, 7) is 8.80. The van der Waals surface area contributed by atoms with Gasteiger partial charge in [0.2, 0.25) is 0 Å². The topological polar surface area (TPSA) is 63.1 Å². The van der Waals surface area contributed by atoms with Gasteiger partial charge < -0.3 is 5.32 Å². The highest BCUT2D eigenvalue weighted by Gasteiger charge is 2.25. The first kappa shape index (κ1) is 19.6. The molecule has 1 aliphatic rings. The van der Waals surface area contributed by atoms with E-state index in [1.165, 1.54) is 18.4 Å². The van der Waals surface area contributed by atoms with Crippen molar-refractivity contribution in [2.45, 2.75) is 45.7 Å². The molecule has 1 N–H and O–H groups in total. The summed E-state index contributed by atoms with van der Waals surface area (Å²) in [5, 5.41) is 8.44. The van der Waals surface area contributed by atoms with Crippen molar-refractivity contribution in [3.8, 4) is 0 Å². The number of carbonyl (C=O) groups is 1. The van der Waals surface area contributed by atoms with Crippen molar-refractivity contribution in [3.05, 3.63) is 59.4 Å². The molecule has 0 aliphatic carbocycles. The summed E-state index contributed by atoms with van der Waals surface area (Å²) in [4.78, 5) is 20.2. The second kappa shape index (κ2) is 8.33. The fraction of sp³-hybridized carbons (Fsp3) is 0.435. The molecule has 1 atom stereocenters. The Morgan fingerprint density at radius 2 is 1.90 bits per heavy atom. The molecule has 1 fully saturated rings. The maximum Gasteiger partial charge on any atom is 0.252 e. The van der Waals surface area contributed by atoms with E-state index >= 15 is 0 Å². The maximum atomic E-state index is 13.1. The van der Waals surface area contributed by atoms with Crippen LogP contribution in [0.3, 0.4) is 0 Å². The summed E-state index contributed by atoms with van der Waals surface area (Å²) < 4.78 is 1.87. The summed E-state index contributed by atoms with van der Waals surface area (Å²) >= 11 is 0. The zero-order chi connectivity index (χ0) is 20.4. The number of rotatable bonds is 6. The van der Waals surface area contributed by atoms with E-state index in [9.17, 15) is 4.79 Å². The number of likely N-dealkylation sites (tertiary alicyclic amines) is 1. The van der Waals surface area contributed by atoms with Gasteiger partial charge in [0.25, 0.3) is 5.91 Å². The average Bonchev–Trinajstić information content (AvgIpc) is 3.38. The van der Waals surface area contributed by atoms with Gasteiger partial charge in [0.15, 0.2) is 5.65 Å². The third-order valence-electron chi connectivity index (χ3n) is 5.65. The van der Waals surface area contributed by atoms with Crippen molar-refractivity contribution in [3.63, 3.8) is 0 Å². The van der Waals surface area contributed by atoms with Crippen molar-refractivity contribution in [2.24, 2.45) is 0 Å². The number of carbonyl (C=O) groups excluding carboxylic acids is 1. The summed E-state index contributed by atoms with van der Waals surface area (Å²) in [7, 11) is 0. The van der Waals surface area contributed by atoms with Crippen LogP contribution in [0.25, 0.3) is 11.0 Å². The lowest BCUT2D eigenvalue weighted by molar-refractivity contribution is 0.0939. The summed E-state index contributed by atoms with van der Waals surface area (Å²) in [5.74, 6) is -0.0658. The Hall–Kier alpha value is -2.73. The zero-order valence-electron chi connectivity index (χ0n) is 17.4. The van der Waals surface area contributed by atoms with Crippen LogP contribution in [0, 0.1) is 6.92 Å². The lowest BCUT2D eigenvalue weighted by Crippen LogP contribution is -2.36. The molecule has 2 aromatic heterocycles. The first-order valence-corrected chi connectivity index (χ1v) is 10.5. The Labute approximate surface area is 171 Å². The van der Waals surface area contributed by atoms with Crippen molar-refractivity contribution in [1.82, 2.24) is 25.0 Å². The molecule has 1 aromatic carbocycles. The molecule has 6 nitrogen and oxygen atoms in total. The predicted octanol–water partition coefficient (Wildman–Crippen LogP) is 3.89. The van der Waals surface area contributed by atoms with Crippen LogP contribution in [0.5, 0.6) is 0 Å². The minimum atomic E-state index is -0.0658. The number of aryl methyl sites for hydroxylation is 1. The second-order valence-corrected chi connectivity index (χ2v) is 8.11. The standard InChI is InChI=1S/C23H29N5O/c1-16(2)28-22-20(14-25-28)19(13-17(3)26-22)23(29)24-15-21(27-11-7-8-12-27)18-9-5-4-6-10-18/h4-6,9-10,13-14,16,21H,7-8,11-12,15H2,1-3H3,(H,24,29). The van der Waals surface area contributed by atoms with Crippen molar-refractivity contribution >= 4 is 16.9 Å². The molecular weight excluding hydrogens is 362 g/mol. The van der Waals surface area contributed by atoms with Crippen LogP contribution >= 0.6 is 0 Å². The molecule has 1 amide bonds. The van der Waals surface area contributed by atoms with Crippen LogP contribution in [-0.4, -0.2) is 45.2 Å². The van der Waals surface area contributed by atoms with Gasteiger partial charge in [0, 0.05) is 18.3 Å². The van der Waals surface area contributed by atoms with Gasteiger partial charge in [-0.05, 0) is 58.3 Å². The van der Waals surface area contributed by atoms with E-state index < -0.39 is 0 Å². The van der Waals surface area contributed by atoms with Gasteiger partial charge in [-0.25, -0.2) is 9.67 Å². The van der Waals surface area contributed by atoms with Gasteiger partial charge in [-0.3, -0.25) is 9.69 Å². The monoisotopic (exact) mass is 391 g/mol. The second-order valence-electron chi connectivity index (χ2n) is 8.11. The van der Waals surface area contributed by atoms with Gasteiger partial charge in [-0.2, -0.15) is 5.10 Å². The number of benzene rings is 1. The molecule has 0 bridgehead atoms. The molecule has 0 spiro atoms. The molecule has 6 heteroatoms. The number of nitrogens with zero attached hydrogens (tertiary/aromatic N) is 4. The van der Waals surface area contributed by atoms with Gasteiger partial charge in [-0.15, -0.1) is 0 Å². The molecule has 152 valence electrons. The number of fused-ring (bicyclic) bond motifs is 1. The molecule has 4 rings (SSSR count). The van der Waals surface area contributed by atoms with E-state index in [1.54, 1.807) is 6.20 Å². The molecule has 3 aromatic rings. The molecule has 1 saturated heterocycles. The Kier molecular flexibility index (Phi) is 5.62. The number of aromatic nitrogens is 3. The van der Waals surface area contributed by atoms with Crippen LogP contribution in [0.1, 0.15) is 60.4 Å². The van der Waals surface area contributed by atoms with E-state index in [4.69, 9.17) is 0 Å². The molecule has 1 aliphatic heterocycles. The largest absolute Gasteiger partial charge is 0.350 e. The Bertz CT molecular complexity index is 989. The van der Waals surface area contributed by atoms with Gasteiger partial charge in [0.05, 0.1) is 23.2 Å². The molecule has 3 heterocycles. The Morgan fingerprint density at radius 1 is 1.17 bits per heavy atom. The minimum Gasteiger partial charge on any atom is -0.350 e. The average molecular weight is 392 g/mol. The summed E-state index contributed by atoms with van der Waals surface area (Å²) in [5.41, 5.74) is 3.49. The van der Waals surface area contributed by atoms with Crippen LogP contribution < -0.4 is 5.32 Å². The summed E-state index contributed by atoms with van der Waals surface area (Å²) in [6, 6.07) is 12.7. The number of amides is 1. The first-order chi connectivity index (χ1) is 14.0. The van der Waals surface area contributed by atoms with E-state index in [2.05, 4.69) is 58.4 Å². The predicted molar refractivity (Wildman–Crippen MR) is 115 cm³/mol. The smallest absolute Gasteiger partial charge is 0.252 e. The molecule has 1 unspecified atom stereocenters. The number of hydrogen-bond donors (Lipinski definition) is 1. The van der Waals surface area contributed by atoms with Crippen LogP contribution in [0.4, 0.5) is 0 Å². The highest BCUT2D eigenvalue weighted by Crippen LogP contribution is 2.25. The normalized spacial score (nSPS) is 15.9. The number of pyridine rings is 1. The van der Waals surface area contributed by atoms with Gasteiger partial charge in [0.1, 0.15) is 0 Å². The first-order valence-electron chi connectivity index (χ1n) is 10.5. The van der Waals surface area contributed by atoms with E-state index in [1.807, 2.05) is 23.7 Å². The van der Waals surface area contributed by atoms with Crippen LogP contribution in [0.2, 0.25) is 0 Å². The van der Waals surface area contributed by atoms with Crippen molar-refractivity contribution in [2.75, 3.05) is 19.6 Å². The highest BCUT2D eigenvalue weighted by atomic mass is 16.1. The number of nitrogens with one attached hydrogen (secondary N) is 1. The third kappa shape index (κ3) is 4.03. The van der Waals surface area contributed by atoms with Crippen LogP contribution in [0.15, 0.2) is 42.6 Å². The Morgan fingerprint density at radius 3 is 2.59 bits per heavy atom.